The van der Waals surface area contributed by atoms with Crippen LogP contribution in [0.5, 0.6) is 0 Å². The minimum Gasteiger partial charge on any atom is -0.307 e. The molecular weight excluding hydrogens is 186 g/mol. The maximum atomic E-state index is 4.05. The van der Waals surface area contributed by atoms with Crippen molar-refractivity contribution >= 4 is 0 Å². The van der Waals surface area contributed by atoms with E-state index in [1.165, 1.54) is 12.0 Å². The zero-order valence-corrected chi connectivity index (χ0v) is 10.5. The van der Waals surface area contributed by atoms with E-state index in [1.807, 2.05) is 6.20 Å². The summed E-state index contributed by atoms with van der Waals surface area (Å²) in [4.78, 5) is 0. The number of aromatic nitrogens is 2. The fraction of sp³-hybridized carbons (Fsp3) is 0.750. The first-order valence-electron chi connectivity index (χ1n) is 5.82. The number of H-pyrrole nitrogens is 1. The number of hydrogen-bond donors (Lipinski definition) is 2. The van der Waals surface area contributed by atoms with Crippen LogP contribution in [0.2, 0.25) is 0 Å². The monoisotopic (exact) mass is 209 g/mol. The Morgan fingerprint density at radius 3 is 2.53 bits per heavy atom. The molecule has 0 saturated carbocycles. The Balaban J connectivity index is 2.56. The molecule has 3 unspecified atom stereocenters. The second-order valence-corrected chi connectivity index (χ2v) is 4.51. The third-order valence-electron chi connectivity index (χ3n) is 3.35. The second-order valence-electron chi connectivity index (χ2n) is 4.51. The highest BCUT2D eigenvalue weighted by atomic mass is 15.1. The van der Waals surface area contributed by atoms with Gasteiger partial charge in [-0.05, 0) is 26.7 Å². The minimum absolute atomic E-state index is 0.368. The van der Waals surface area contributed by atoms with Gasteiger partial charge in [-0.3, -0.25) is 5.10 Å². The molecular formula is C12H23N3. The Morgan fingerprint density at radius 1 is 1.40 bits per heavy atom. The predicted molar refractivity (Wildman–Crippen MR) is 63.8 cm³/mol. The average molecular weight is 209 g/mol. The highest BCUT2D eigenvalue weighted by Crippen LogP contribution is 2.17. The summed E-state index contributed by atoms with van der Waals surface area (Å²) in [5.41, 5.74) is 2.43. The maximum Gasteiger partial charge on any atom is 0.0537 e. The molecule has 3 atom stereocenters. The number of aromatic amines is 1. The van der Waals surface area contributed by atoms with Gasteiger partial charge in [-0.15, -0.1) is 0 Å². The van der Waals surface area contributed by atoms with Crippen molar-refractivity contribution < 1.29 is 0 Å². The molecule has 3 nitrogen and oxygen atoms in total. The Hall–Kier alpha value is -0.830. The van der Waals surface area contributed by atoms with Crippen LogP contribution in [0.1, 0.15) is 51.4 Å². The van der Waals surface area contributed by atoms with Crippen molar-refractivity contribution in [1.29, 1.82) is 0 Å². The number of nitrogens with zero attached hydrogens (tertiary/aromatic N) is 1. The number of hydrogen-bond acceptors (Lipinski definition) is 2. The van der Waals surface area contributed by atoms with Crippen molar-refractivity contribution in [1.82, 2.24) is 15.5 Å². The first kappa shape index (κ1) is 12.2. The van der Waals surface area contributed by atoms with Gasteiger partial charge in [0, 0.05) is 23.3 Å². The summed E-state index contributed by atoms with van der Waals surface area (Å²) in [6.45, 7) is 11.0. The molecule has 3 heteroatoms. The van der Waals surface area contributed by atoms with Gasteiger partial charge in [-0.25, -0.2) is 0 Å². The third kappa shape index (κ3) is 3.06. The lowest BCUT2D eigenvalue weighted by atomic mass is 9.99. The molecule has 1 rings (SSSR count). The molecule has 0 fully saturated rings. The molecule has 0 aliphatic carbocycles. The van der Waals surface area contributed by atoms with E-state index >= 15 is 0 Å². The molecule has 1 aromatic rings. The lowest BCUT2D eigenvalue weighted by molar-refractivity contribution is 0.360. The van der Waals surface area contributed by atoms with Crippen molar-refractivity contribution in [3.8, 4) is 0 Å². The fourth-order valence-corrected chi connectivity index (χ4v) is 1.80. The largest absolute Gasteiger partial charge is 0.307 e. The van der Waals surface area contributed by atoms with Crippen molar-refractivity contribution in [2.75, 3.05) is 0 Å². The van der Waals surface area contributed by atoms with E-state index in [0.29, 0.717) is 18.0 Å². The fourth-order valence-electron chi connectivity index (χ4n) is 1.80. The van der Waals surface area contributed by atoms with Gasteiger partial charge in [0.25, 0.3) is 0 Å². The first-order valence-corrected chi connectivity index (χ1v) is 5.82. The minimum atomic E-state index is 0.368. The van der Waals surface area contributed by atoms with Crippen molar-refractivity contribution in [2.45, 2.75) is 53.1 Å². The maximum absolute atomic E-state index is 4.05. The van der Waals surface area contributed by atoms with E-state index in [1.54, 1.807) is 0 Å². The van der Waals surface area contributed by atoms with Gasteiger partial charge < -0.3 is 5.32 Å². The van der Waals surface area contributed by atoms with Crippen molar-refractivity contribution in [2.24, 2.45) is 5.92 Å². The number of rotatable bonds is 5. The molecule has 0 spiro atoms. The summed E-state index contributed by atoms with van der Waals surface area (Å²) in [5.74, 6) is 0.708. The van der Waals surface area contributed by atoms with Crippen LogP contribution in [0.25, 0.3) is 0 Å². The van der Waals surface area contributed by atoms with Crippen LogP contribution in [0.15, 0.2) is 6.20 Å². The van der Waals surface area contributed by atoms with E-state index in [0.717, 1.165) is 5.69 Å². The number of aryl methyl sites for hydroxylation is 1. The highest BCUT2D eigenvalue weighted by Gasteiger charge is 2.15. The summed E-state index contributed by atoms with van der Waals surface area (Å²) >= 11 is 0. The van der Waals surface area contributed by atoms with Gasteiger partial charge in [-0.2, -0.15) is 5.10 Å². The van der Waals surface area contributed by atoms with E-state index < -0.39 is 0 Å². The molecule has 0 aromatic carbocycles. The molecule has 0 aliphatic heterocycles. The van der Waals surface area contributed by atoms with Gasteiger partial charge >= 0.3 is 0 Å². The molecule has 0 aliphatic rings. The van der Waals surface area contributed by atoms with Gasteiger partial charge in [0.2, 0.25) is 0 Å². The quantitative estimate of drug-likeness (QED) is 0.783. The third-order valence-corrected chi connectivity index (χ3v) is 3.35. The standard InChI is InChI=1S/C12H23N3/c1-6-8(2)9(3)14-10(4)12-7-13-15-11(12)5/h7-10,14H,6H2,1-5H3,(H,13,15). The number of nitrogens with one attached hydrogen (secondary N) is 2. The van der Waals surface area contributed by atoms with Crippen LogP contribution >= 0.6 is 0 Å². The summed E-state index contributed by atoms with van der Waals surface area (Å²) in [7, 11) is 0. The Labute approximate surface area is 92.7 Å². The summed E-state index contributed by atoms with van der Waals surface area (Å²) < 4.78 is 0. The Bertz CT molecular complexity index is 293. The van der Waals surface area contributed by atoms with Crippen LogP contribution < -0.4 is 5.32 Å². The smallest absolute Gasteiger partial charge is 0.0537 e. The van der Waals surface area contributed by atoms with Crippen molar-refractivity contribution in [3.05, 3.63) is 17.5 Å². The highest BCUT2D eigenvalue weighted by molar-refractivity contribution is 5.18. The molecule has 86 valence electrons. The Kier molecular flexibility index (Phi) is 4.33. The van der Waals surface area contributed by atoms with Gasteiger partial charge in [0.05, 0.1) is 6.20 Å². The van der Waals surface area contributed by atoms with Crippen LogP contribution in [0.3, 0.4) is 0 Å². The topological polar surface area (TPSA) is 40.7 Å². The van der Waals surface area contributed by atoms with Gasteiger partial charge in [0.15, 0.2) is 0 Å². The first-order chi connectivity index (χ1) is 7.06. The Morgan fingerprint density at radius 2 is 2.07 bits per heavy atom. The molecule has 1 aromatic heterocycles. The molecule has 2 N–H and O–H groups in total. The lowest BCUT2D eigenvalue weighted by Gasteiger charge is -2.24. The van der Waals surface area contributed by atoms with E-state index in [-0.39, 0.29) is 0 Å². The predicted octanol–water partition coefficient (Wildman–Crippen LogP) is 2.80. The second kappa shape index (κ2) is 5.31. The molecule has 0 saturated heterocycles. The zero-order chi connectivity index (χ0) is 11.4. The van der Waals surface area contributed by atoms with E-state index in [4.69, 9.17) is 0 Å². The van der Waals surface area contributed by atoms with Crippen LogP contribution in [0.4, 0.5) is 0 Å². The van der Waals surface area contributed by atoms with E-state index in [9.17, 15) is 0 Å². The summed E-state index contributed by atoms with van der Waals surface area (Å²) in [6.07, 6.45) is 3.13. The van der Waals surface area contributed by atoms with E-state index in [2.05, 4.69) is 50.1 Å². The normalized spacial score (nSPS) is 17.4. The average Bonchev–Trinajstić information content (AvgIpc) is 2.63. The molecule has 1 heterocycles. The molecule has 15 heavy (non-hydrogen) atoms. The molecule has 0 amide bonds. The van der Waals surface area contributed by atoms with Crippen LogP contribution in [-0.4, -0.2) is 16.2 Å². The van der Waals surface area contributed by atoms with Crippen LogP contribution in [-0.2, 0) is 0 Å². The SMILES string of the molecule is CCC(C)C(C)NC(C)c1cn[nH]c1C. The van der Waals surface area contributed by atoms with Crippen molar-refractivity contribution in [3.63, 3.8) is 0 Å². The van der Waals surface area contributed by atoms with Crippen LogP contribution in [0, 0.1) is 12.8 Å². The summed E-state index contributed by atoms with van der Waals surface area (Å²) in [5, 5.41) is 10.6. The van der Waals surface area contributed by atoms with Gasteiger partial charge in [-0.1, -0.05) is 20.3 Å². The lowest BCUT2D eigenvalue weighted by Crippen LogP contribution is -2.34. The zero-order valence-electron chi connectivity index (χ0n) is 10.5. The molecule has 0 bridgehead atoms. The summed E-state index contributed by atoms with van der Waals surface area (Å²) in [6, 6.07) is 0.909. The molecule has 0 radical (unpaired) electrons. The van der Waals surface area contributed by atoms with Gasteiger partial charge in [0.1, 0.15) is 0 Å².